The molecule has 2 rings (SSSR count). The first-order valence-corrected chi connectivity index (χ1v) is 6.66. The molecule has 2 unspecified atom stereocenters. The number of rotatable bonds is 4. The van der Waals surface area contributed by atoms with Crippen LogP contribution < -0.4 is 0 Å². The van der Waals surface area contributed by atoms with Gasteiger partial charge in [-0.2, -0.15) is 0 Å². The molecule has 1 aliphatic heterocycles. The van der Waals surface area contributed by atoms with Crippen LogP contribution in [0.1, 0.15) is 18.9 Å². The summed E-state index contributed by atoms with van der Waals surface area (Å²) < 4.78 is 0. The standard InChI is InChI=1S/C14H18N2O4/c1-10-5-6-15(13(10)9-17)14(18)8-11-3-2-4-12(7-11)16(19)20/h2-4,7,10,13,17H,5-6,8-9H2,1H3. The van der Waals surface area contributed by atoms with Crippen molar-refractivity contribution in [2.45, 2.75) is 25.8 Å². The molecule has 1 saturated heterocycles. The Morgan fingerprint density at radius 3 is 2.95 bits per heavy atom. The van der Waals surface area contributed by atoms with Gasteiger partial charge in [-0.05, 0) is 17.9 Å². The Morgan fingerprint density at radius 2 is 2.30 bits per heavy atom. The van der Waals surface area contributed by atoms with Gasteiger partial charge >= 0.3 is 0 Å². The van der Waals surface area contributed by atoms with Gasteiger partial charge < -0.3 is 10.0 Å². The van der Waals surface area contributed by atoms with Gasteiger partial charge in [-0.25, -0.2) is 0 Å². The molecule has 0 bridgehead atoms. The number of nitro benzene ring substituents is 1. The van der Waals surface area contributed by atoms with Gasteiger partial charge in [-0.15, -0.1) is 0 Å². The molecule has 20 heavy (non-hydrogen) atoms. The second kappa shape index (κ2) is 6.00. The molecule has 0 spiro atoms. The molecule has 1 fully saturated rings. The second-order valence-corrected chi connectivity index (χ2v) is 5.21. The van der Waals surface area contributed by atoms with E-state index in [-0.39, 0.29) is 36.6 Å². The van der Waals surface area contributed by atoms with Crippen molar-refractivity contribution in [2.24, 2.45) is 5.92 Å². The molecule has 1 aromatic carbocycles. The Morgan fingerprint density at radius 1 is 1.55 bits per heavy atom. The Balaban J connectivity index is 2.08. The van der Waals surface area contributed by atoms with Crippen LogP contribution in [0.2, 0.25) is 0 Å². The fraction of sp³-hybridized carbons (Fsp3) is 0.500. The van der Waals surface area contributed by atoms with Crippen molar-refractivity contribution in [1.82, 2.24) is 4.90 Å². The van der Waals surface area contributed by atoms with Crippen molar-refractivity contribution >= 4 is 11.6 Å². The topological polar surface area (TPSA) is 83.7 Å². The number of nitrogens with zero attached hydrogens (tertiary/aromatic N) is 2. The summed E-state index contributed by atoms with van der Waals surface area (Å²) in [5, 5.41) is 20.1. The Labute approximate surface area is 117 Å². The van der Waals surface area contributed by atoms with Crippen molar-refractivity contribution < 1.29 is 14.8 Å². The fourth-order valence-electron chi connectivity index (χ4n) is 2.65. The maximum Gasteiger partial charge on any atom is 0.269 e. The Hall–Kier alpha value is -1.95. The predicted molar refractivity (Wildman–Crippen MR) is 73.2 cm³/mol. The normalized spacial score (nSPS) is 22.0. The summed E-state index contributed by atoms with van der Waals surface area (Å²) in [5.41, 5.74) is 0.615. The number of aliphatic hydroxyl groups excluding tert-OH is 1. The molecule has 1 heterocycles. The van der Waals surface area contributed by atoms with Gasteiger partial charge in [0.15, 0.2) is 0 Å². The van der Waals surface area contributed by atoms with Crippen molar-refractivity contribution in [3.63, 3.8) is 0 Å². The molecule has 6 nitrogen and oxygen atoms in total. The number of aliphatic hydroxyl groups is 1. The zero-order valence-corrected chi connectivity index (χ0v) is 11.4. The van der Waals surface area contributed by atoms with E-state index >= 15 is 0 Å². The maximum absolute atomic E-state index is 12.3. The van der Waals surface area contributed by atoms with E-state index in [1.165, 1.54) is 12.1 Å². The monoisotopic (exact) mass is 278 g/mol. The smallest absolute Gasteiger partial charge is 0.269 e. The molecule has 2 atom stereocenters. The first kappa shape index (κ1) is 14.5. The van der Waals surface area contributed by atoms with E-state index in [1.54, 1.807) is 17.0 Å². The van der Waals surface area contributed by atoms with Gasteiger partial charge in [0.2, 0.25) is 5.91 Å². The zero-order valence-electron chi connectivity index (χ0n) is 11.4. The van der Waals surface area contributed by atoms with Crippen LogP contribution in [0.25, 0.3) is 0 Å². The minimum atomic E-state index is -0.470. The molecule has 0 aliphatic carbocycles. The Kier molecular flexibility index (Phi) is 4.34. The molecule has 0 aromatic heterocycles. The highest BCUT2D eigenvalue weighted by Gasteiger charge is 2.33. The van der Waals surface area contributed by atoms with Crippen molar-refractivity contribution in [2.75, 3.05) is 13.2 Å². The fourth-order valence-corrected chi connectivity index (χ4v) is 2.65. The number of nitro groups is 1. The molecule has 1 aliphatic rings. The lowest BCUT2D eigenvalue weighted by Gasteiger charge is -2.25. The molecule has 0 radical (unpaired) electrons. The van der Waals surface area contributed by atoms with Crippen LogP contribution in [-0.4, -0.2) is 40.0 Å². The van der Waals surface area contributed by atoms with Crippen molar-refractivity contribution in [3.05, 3.63) is 39.9 Å². The first-order chi connectivity index (χ1) is 9.52. The van der Waals surface area contributed by atoms with Crippen LogP contribution in [0.5, 0.6) is 0 Å². The number of likely N-dealkylation sites (tertiary alicyclic amines) is 1. The summed E-state index contributed by atoms with van der Waals surface area (Å²) in [7, 11) is 0. The van der Waals surface area contributed by atoms with Crippen LogP contribution in [0, 0.1) is 16.0 Å². The molecular formula is C14H18N2O4. The highest BCUT2D eigenvalue weighted by molar-refractivity contribution is 5.79. The lowest BCUT2D eigenvalue weighted by molar-refractivity contribution is -0.384. The molecule has 108 valence electrons. The summed E-state index contributed by atoms with van der Waals surface area (Å²) in [4.78, 5) is 24.2. The number of carbonyl (C=O) groups excluding carboxylic acids is 1. The number of carbonyl (C=O) groups is 1. The third-order valence-corrected chi connectivity index (χ3v) is 3.87. The van der Waals surface area contributed by atoms with Gasteiger partial charge in [-0.1, -0.05) is 19.1 Å². The van der Waals surface area contributed by atoms with Crippen molar-refractivity contribution in [1.29, 1.82) is 0 Å². The van der Waals surface area contributed by atoms with Gasteiger partial charge in [0.05, 0.1) is 24.0 Å². The van der Waals surface area contributed by atoms with Gasteiger partial charge in [0, 0.05) is 18.7 Å². The number of non-ortho nitro benzene ring substituents is 1. The average Bonchev–Trinajstić information content (AvgIpc) is 2.80. The summed E-state index contributed by atoms with van der Waals surface area (Å²) in [6.45, 7) is 2.61. The molecular weight excluding hydrogens is 260 g/mol. The lowest BCUT2D eigenvalue weighted by atomic mass is 10.0. The molecule has 1 N–H and O–H groups in total. The minimum absolute atomic E-state index is 0.0104. The SMILES string of the molecule is CC1CCN(C(=O)Cc2cccc([N+](=O)[O-])c2)C1CO. The van der Waals surface area contributed by atoms with E-state index in [4.69, 9.17) is 0 Å². The van der Waals surface area contributed by atoms with E-state index in [1.807, 2.05) is 6.92 Å². The molecule has 1 amide bonds. The maximum atomic E-state index is 12.3. The summed E-state index contributed by atoms with van der Waals surface area (Å²) in [5.74, 6) is 0.197. The number of hydrogen-bond donors (Lipinski definition) is 1. The summed E-state index contributed by atoms with van der Waals surface area (Å²) in [6, 6.07) is 5.98. The van der Waals surface area contributed by atoms with Crippen LogP contribution >= 0.6 is 0 Å². The van der Waals surface area contributed by atoms with E-state index in [0.29, 0.717) is 12.1 Å². The number of hydrogen-bond acceptors (Lipinski definition) is 4. The van der Waals surface area contributed by atoms with Gasteiger partial charge in [0.25, 0.3) is 5.69 Å². The summed E-state index contributed by atoms with van der Waals surface area (Å²) >= 11 is 0. The third-order valence-electron chi connectivity index (χ3n) is 3.87. The van der Waals surface area contributed by atoms with Crippen LogP contribution in [0.4, 0.5) is 5.69 Å². The quantitative estimate of drug-likeness (QED) is 0.666. The summed E-state index contributed by atoms with van der Waals surface area (Å²) in [6.07, 6.45) is 1.01. The first-order valence-electron chi connectivity index (χ1n) is 6.66. The predicted octanol–water partition coefficient (Wildman–Crippen LogP) is 1.37. The highest BCUT2D eigenvalue weighted by atomic mass is 16.6. The minimum Gasteiger partial charge on any atom is -0.394 e. The number of benzene rings is 1. The van der Waals surface area contributed by atoms with Gasteiger partial charge in [0.1, 0.15) is 0 Å². The lowest BCUT2D eigenvalue weighted by Crippen LogP contribution is -2.40. The average molecular weight is 278 g/mol. The van der Waals surface area contributed by atoms with Crippen LogP contribution in [0.3, 0.4) is 0 Å². The van der Waals surface area contributed by atoms with Gasteiger partial charge in [-0.3, -0.25) is 14.9 Å². The highest BCUT2D eigenvalue weighted by Crippen LogP contribution is 2.24. The van der Waals surface area contributed by atoms with E-state index in [2.05, 4.69) is 0 Å². The zero-order chi connectivity index (χ0) is 14.7. The second-order valence-electron chi connectivity index (χ2n) is 5.21. The van der Waals surface area contributed by atoms with E-state index in [0.717, 1.165) is 6.42 Å². The van der Waals surface area contributed by atoms with Crippen molar-refractivity contribution in [3.8, 4) is 0 Å². The van der Waals surface area contributed by atoms with E-state index < -0.39 is 4.92 Å². The molecule has 0 saturated carbocycles. The molecule has 1 aromatic rings. The third kappa shape index (κ3) is 2.96. The molecule has 6 heteroatoms. The number of amides is 1. The van der Waals surface area contributed by atoms with Crippen LogP contribution in [-0.2, 0) is 11.2 Å². The van der Waals surface area contributed by atoms with E-state index in [9.17, 15) is 20.0 Å². The van der Waals surface area contributed by atoms with Crippen LogP contribution in [0.15, 0.2) is 24.3 Å². The largest absolute Gasteiger partial charge is 0.394 e. The Bertz CT molecular complexity index is 518.